The number of amides is 1. The number of carbonyl (C=O) groups excluding carboxylic acids is 1. The van der Waals surface area contributed by atoms with Crippen molar-refractivity contribution in [2.45, 2.75) is 39.3 Å². The number of aromatic nitrogens is 2. The predicted octanol–water partition coefficient (Wildman–Crippen LogP) is 4.16. The Kier molecular flexibility index (Phi) is 5.34. The molecule has 0 saturated carbocycles. The van der Waals surface area contributed by atoms with Gasteiger partial charge in [-0.2, -0.15) is 0 Å². The number of fused-ring (bicyclic) bond motifs is 1. The zero-order valence-corrected chi connectivity index (χ0v) is 17.1. The molecular formula is C23H26N4O2. The quantitative estimate of drug-likeness (QED) is 0.654. The minimum absolute atomic E-state index is 0.0231. The fourth-order valence-electron chi connectivity index (χ4n) is 3.89. The molecule has 1 aliphatic rings. The third kappa shape index (κ3) is 3.88. The molecule has 0 radical (unpaired) electrons. The molecule has 0 aliphatic carbocycles. The third-order valence-corrected chi connectivity index (χ3v) is 5.45. The fraction of sp³-hybridized carbons (Fsp3) is 0.348. The normalized spacial score (nSPS) is 15.8. The Bertz CT molecular complexity index is 996. The highest BCUT2D eigenvalue weighted by Crippen LogP contribution is 2.34. The topological polar surface area (TPSA) is 62.5 Å². The van der Waals surface area contributed by atoms with Crippen molar-refractivity contribution in [2.24, 2.45) is 0 Å². The first kappa shape index (κ1) is 19.2. The molecule has 1 unspecified atom stereocenters. The maximum atomic E-state index is 13.4. The van der Waals surface area contributed by atoms with Gasteiger partial charge in [0.2, 0.25) is 11.8 Å². The molecule has 150 valence electrons. The molecule has 0 N–H and O–H groups in total. The molecule has 0 spiro atoms. The van der Waals surface area contributed by atoms with Crippen molar-refractivity contribution in [2.75, 3.05) is 18.5 Å². The molecule has 29 heavy (non-hydrogen) atoms. The van der Waals surface area contributed by atoms with Gasteiger partial charge in [-0.05, 0) is 41.8 Å². The second-order valence-corrected chi connectivity index (χ2v) is 7.55. The summed E-state index contributed by atoms with van der Waals surface area (Å²) >= 11 is 0. The Hall–Kier alpha value is -3.15. The van der Waals surface area contributed by atoms with Crippen LogP contribution in [-0.4, -0.2) is 34.6 Å². The average molecular weight is 390 g/mol. The Balaban J connectivity index is 1.64. The van der Waals surface area contributed by atoms with Crippen LogP contribution in [0.15, 0.2) is 52.9 Å². The largest absolute Gasteiger partial charge is 0.423 e. The van der Waals surface area contributed by atoms with Gasteiger partial charge in [0.05, 0.1) is 0 Å². The summed E-state index contributed by atoms with van der Waals surface area (Å²) in [4.78, 5) is 17.5. The number of rotatable bonds is 5. The van der Waals surface area contributed by atoms with Gasteiger partial charge in [0, 0.05) is 44.7 Å². The first-order chi connectivity index (χ1) is 14.1. The van der Waals surface area contributed by atoms with Gasteiger partial charge in [0.1, 0.15) is 6.04 Å². The summed E-state index contributed by atoms with van der Waals surface area (Å²) in [5.41, 5.74) is 4.15. The van der Waals surface area contributed by atoms with E-state index in [1.165, 1.54) is 5.56 Å². The predicted molar refractivity (Wildman–Crippen MR) is 112 cm³/mol. The number of aryl methyl sites for hydroxylation is 1. The van der Waals surface area contributed by atoms with Crippen LogP contribution in [0.3, 0.4) is 0 Å². The molecule has 2 aromatic carbocycles. The molecule has 1 aromatic heterocycles. The van der Waals surface area contributed by atoms with Gasteiger partial charge in [-0.3, -0.25) is 4.79 Å². The summed E-state index contributed by atoms with van der Waals surface area (Å²) in [6.45, 7) is 5.43. The van der Waals surface area contributed by atoms with Gasteiger partial charge in [-0.25, -0.2) is 0 Å². The van der Waals surface area contributed by atoms with Gasteiger partial charge in [0.25, 0.3) is 5.91 Å². The van der Waals surface area contributed by atoms with Crippen molar-refractivity contribution in [3.05, 3.63) is 77.0 Å². The molecule has 4 rings (SSSR count). The van der Waals surface area contributed by atoms with E-state index in [0.29, 0.717) is 30.3 Å². The second kappa shape index (κ2) is 8.07. The molecule has 0 saturated heterocycles. The van der Waals surface area contributed by atoms with Gasteiger partial charge in [-0.1, -0.05) is 31.2 Å². The van der Waals surface area contributed by atoms with E-state index in [2.05, 4.69) is 41.2 Å². The summed E-state index contributed by atoms with van der Waals surface area (Å²) in [5.74, 6) is 0.976. The maximum absolute atomic E-state index is 13.4. The molecule has 1 atom stereocenters. The van der Waals surface area contributed by atoms with Crippen LogP contribution in [0.2, 0.25) is 0 Å². The van der Waals surface area contributed by atoms with E-state index < -0.39 is 0 Å². The molecule has 2 heterocycles. The lowest BCUT2D eigenvalue weighted by Gasteiger charge is -2.35. The Morgan fingerprint density at radius 1 is 1.14 bits per heavy atom. The summed E-state index contributed by atoms with van der Waals surface area (Å²) < 4.78 is 5.71. The molecule has 0 bridgehead atoms. The average Bonchev–Trinajstić information content (AvgIpc) is 3.18. The third-order valence-electron chi connectivity index (χ3n) is 5.45. The highest BCUT2D eigenvalue weighted by molar-refractivity contribution is 5.95. The highest BCUT2D eigenvalue weighted by atomic mass is 16.4. The van der Waals surface area contributed by atoms with E-state index in [0.717, 1.165) is 24.2 Å². The maximum Gasteiger partial charge on any atom is 0.254 e. The number of carbonyl (C=O) groups is 1. The van der Waals surface area contributed by atoms with Crippen LogP contribution in [0.5, 0.6) is 0 Å². The van der Waals surface area contributed by atoms with Crippen LogP contribution < -0.4 is 4.90 Å². The van der Waals surface area contributed by atoms with Gasteiger partial charge in [0.15, 0.2) is 0 Å². The van der Waals surface area contributed by atoms with Crippen molar-refractivity contribution in [1.29, 1.82) is 0 Å². The number of anilines is 1. The summed E-state index contributed by atoms with van der Waals surface area (Å²) in [6.07, 6.45) is 1.75. The van der Waals surface area contributed by atoms with E-state index >= 15 is 0 Å². The number of benzene rings is 2. The Labute approximate surface area is 171 Å². The van der Waals surface area contributed by atoms with Crippen LogP contribution >= 0.6 is 0 Å². The van der Waals surface area contributed by atoms with Crippen molar-refractivity contribution in [3.8, 4) is 0 Å². The van der Waals surface area contributed by atoms with Gasteiger partial charge >= 0.3 is 0 Å². The Morgan fingerprint density at radius 2 is 1.86 bits per heavy atom. The molecule has 6 heteroatoms. The summed E-state index contributed by atoms with van der Waals surface area (Å²) in [6, 6.07) is 15.8. The van der Waals surface area contributed by atoms with E-state index in [-0.39, 0.29) is 11.9 Å². The summed E-state index contributed by atoms with van der Waals surface area (Å²) in [5, 5.41) is 8.18. The van der Waals surface area contributed by atoms with Crippen molar-refractivity contribution >= 4 is 11.6 Å². The molecule has 0 fully saturated rings. The first-order valence-corrected chi connectivity index (χ1v) is 10.1. The molecule has 6 nitrogen and oxygen atoms in total. The van der Waals surface area contributed by atoms with Crippen LogP contribution in [-0.2, 0) is 13.0 Å². The van der Waals surface area contributed by atoms with Crippen molar-refractivity contribution < 1.29 is 9.21 Å². The zero-order chi connectivity index (χ0) is 20.4. The van der Waals surface area contributed by atoms with Crippen LogP contribution in [0.1, 0.15) is 52.7 Å². The SMILES string of the molecule is CCCN(C)c1ccc(C(=O)N2Cc3ccccc3CC2c2nnc(C)o2)cc1. The Morgan fingerprint density at radius 3 is 2.52 bits per heavy atom. The number of nitrogens with zero attached hydrogens (tertiary/aromatic N) is 4. The lowest BCUT2D eigenvalue weighted by Crippen LogP contribution is -2.39. The number of hydrogen-bond acceptors (Lipinski definition) is 5. The molecule has 3 aromatic rings. The van der Waals surface area contributed by atoms with E-state index in [1.807, 2.05) is 41.3 Å². The van der Waals surface area contributed by atoms with Crippen molar-refractivity contribution in [1.82, 2.24) is 15.1 Å². The minimum atomic E-state index is -0.263. The lowest BCUT2D eigenvalue weighted by molar-refractivity contribution is 0.0602. The molecule has 1 aliphatic heterocycles. The number of hydrogen-bond donors (Lipinski definition) is 0. The lowest BCUT2D eigenvalue weighted by atomic mass is 9.93. The minimum Gasteiger partial charge on any atom is -0.423 e. The smallest absolute Gasteiger partial charge is 0.254 e. The zero-order valence-electron chi connectivity index (χ0n) is 17.1. The monoisotopic (exact) mass is 390 g/mol. The van der Waals surface area contributed by atoms with Crippen LogP contribution in [0.4, 0.5) is 5.69 Å². The molecular weight excluding hydrogens is 364 g/mol. The first-order valence-electron chi connectivity index (χ1n) is 10.1. The fourth-order valence-corrected chi connectivity index (χ4v) is 3.89. The standard InChI is InChI=1S/C23H26N4O2/c1-4-13-26(3)20-11-9-17(10-12-20)23(28)27-15-19-8-6-5-7-18(19)14-21(27)22-25-24-16(2)29-22/h5-12,21H,4,13-15H2,1-3H3. The summed E-state index contributed by atoms with van der Waals surface area (Å²) in [7, 11) is 2.07. The van der Waals surface area contributed by atoms with E-state index in [1.54, 1.807) is 6.92 Å². The highest BCUT2D eigenvalue weighted by Gasteiger charge is 2.34. The van der Waals surface area contributed by atoms with Crippen molar-refractivity contribution in [3.63, 3.8) is 0 Å². The van der Waals surface area contributed by atoms with Crippen LogP contribution in [0, 0.1) is 6.92 Å². The van der Waals surface area contributed by atoms with Gasteiger partial charge < -0.3 is 14.2 Å². The van der Waals surface area contributed by atoms with E-state index in [4.69, 9.17) is 4.42 Å². The van der Waals surface area contributed by atoms with E-state index in [9.17, 15) is 4.79 Å². The van der Waals surface area contributed by atoms with Gasteiger partial charge in [-0.15, -0.1) is 10.2 Å². The second-order valence-electron chi connectivity index (χ2n) is 7.55. The van der Waals surface area contributed by atoms with Crippen LogP contribution in [0.25, 0.3) is 0 Å². The molecule has 1 amide bonds.